The van der Waals surface area contributed by atoms with Crippen molar-refractivity contribution >= 4 is 16.1 Å². The van der Waals surface area contributed by atoms with Crippen LogP contribution in [0.2, 0.25) is 0 Å². The predicted molar refractivity (Wildman–Crippen MR) is 88.6 cm³/mol. The number of nitrogens with zero attached hydrogens (tertiary/aromatic N) is 2. The molecule has 0 spiro atoms. The molecular weight excluding hydrogens is 365 g/mol. The Morgan fingerprint density at radius 2 is 2.19 bits per heavy atom. The van der Waals surface area contributed by atoms with Gasteiger partial charge in [0.05, 0.1) is 17.5 Å². The summed E-state index contributed by atoms with van der Waals surface area (Å²) in [6.45, 7) is 0.0834. The SMILES string of the molecule is O=C(O)NCCc1cc(-c2cccnc2F)n(S(=O)(=O)c2ccoc2)c1. The summed E-state index contributed by atoms with van der Waals surface area (Å²) in [6, 6.07) is 5.68. The first-order chi connectivity index (χ1) is 12.4. The third-order valence-corrected chi connectivity index (χ3v) is 5.27. The molecule has 0 saturated heterocycles. The Kier molecular flexibility index (Phi) is 4.76. The lowest BCUT2D eigenvalue weighted by atomic mass is 10.1. The molecule has 0 aromatic carbocycles. The molecule has 3 aromatic heterocycles. The molecule has 8 nitrogen and oxygen atoms in total. The van der Waals surface area contributed by atoms with E-state index in [4.69, 9.17) is 9.52 Å². The highest BCUT2D eigenvalue weighted by molar-refractivity contribution is 7.90. The molecule has 26 heavy (non-hydrogen) atoms. The average Bonchev–Trinajstić information content (AvgIpc) is 3.25. The Balaban J connectivity index is 2.08. The maximum atomic E-state index is 14.1. The van der Waals surface area contributed by atoms with Gasteiger partial charge >= 0.3 is 6.09 Å². The van der Waals surface area contributed by atoms with Gasteiger partial charge < -0.3 is 14.8 Å². The molecule has 2 N–H and O–H groups in total. The summed E-state index contributed by atoms with van der Waals surface area (Å²) in [7, 11) is -4.02. The molecule has 136 valence electrons. The first kappa shape index (κ1) is 17.7. The van der Waals surface area contributed by atoms with Gasteiger partial charge in [0.15, 0.2) is 0 Å². The minimum Gasteiger partial charge on any atom is -0.471 e. The van der Waals surface area contributed by atoms with Gasteiger partial charge in [-0.05, 0) is 36.2 Å². The van der Waals surface area contributed by atoms with Crippen molar-refractivity contribution in [2.24, 2.45) is 0 Å². The van der Waals surface area contributed by atoms with Gasteiger partial charge in [0, 0.05) is 18.9 Å². The summed E-state index contributed by atoms with van der Waals surface area (Å²) in [5.41, 5.74) is 0.614. The van der Waals surface area contributed by atoms with Crippen molar-refractivity contribution < 1.29 is 27.1 Å². The maximum absolute atomic E-state index is 14.1. The molecule has 0 atom stereocenters. The van der Waals surface area contributed by atoms with Crippen LogP contribution in [-0.2, 0) is 16.4 Å². The van der Waals surface area contributed by atoms with Crippen molar-refractivity contribution in [3.63, 3.8) is 0 Å². The smallest absolute Gasteiger partial charge is 0.404 e. The molecule has 0 fully saturated rings. The van der Waals surface area contributed by atoms with Gasteiger partial charge in [0.1, 0.15) is 11.2 Å². The third kappa shape index (κ3) is 3.45. The predicted octanol–water partition coefficient (Wildman–Crippen LogP) is 2.33. The maximum Gasteiger partial charge on any atom is 0.404 e. The van der Waals surface area contributed by atoms with Crippen LogP contribution in [0.25, 0.3) is 11.3 Å². The molecule has 0 unspecified atom stereocenters. The van der Waals surface area contributed by atoms with E-state index in [-0.39, 0.29) is 29.1 Å². The zero-order valence-electron chi connectivity index (χ0n) is 13.3. The first-order valence-corrected chi connectivity index (χ1v) is 8.90. The van der Waals surface area contributed by atoms with Crippen LogP contribution >= 0.6 is 0 Å². The van der Waals surface area contributed by atoms with E-state index in [2.05, 4.69) is 10.3 Å². The summed E-state index contributed by atoms with van der Waals surface area (Å²) >= 11 is 0. The molecule has 1 amide bonds. The van der Waals surface area contributed by atoms with E-state index in [0.29, 0.717) is 5.56 Å². The highest BCUT2D eigenvalue weighted by Gasteiger charge is 2.24. The quantitative estimate of drug-likeness (QED) is 0.635. The Hall–Kier alpha value is -3.14. The molecule has 10 heteroatoms. The molecule has 0 aliphatic carbocycles. The van der Waals surface area contributed by atoms with E-state index in [1.54, 1.807) is 0 Å². The van der Waals surface area contributed by atoms with Gasteiger partial charge in [-0.25, -0.2) is 22.2 Å². The number of rotatable bonds is 6. The summed E-state index contributed by atoms with van der Waals surface area (Å²) in [5, 5.41) is 10.8. The number of furan rings is 1. The van der Waals surface area contributed by atoms with Crippen LogP contribution in [0.15, 0.2) is 58.5 Å². The van der Waals surface area contributed by atoms with Crippen LogP contribution in [-0.4, -0.2) is 35.1 Å². The minimum atomic E-state index is -4.02. The van der Waals surface area contributed by atoms with Crippen LogP contribution in [0.5, 0.6) is 0 Å². The van der Waals surface area contributed by atoms with E-state index in [9.17, 15) is 17.6 Å². The third-order valence-electron chi connectivity index (χ3n) is 3.62. The molecule has 0 bridgehead atoms. The van der Waals surface area contributed by atoms with Crippen molar-refractivity contribution in [1.29, 1.82) is 0 Å². The Morgan fingerprint density at radius 3 is 2.85 bits per heavy atom. The van der Waals surface area contributed by atoms with Crippen LogP contribution in [0.4, 0.5) is 9.18 Å². The van der Waals surface area contributed by atoms with Crippen LogP contribution in [0.1, 0.15) is 5.56 Å². The van der Waals surface area contributed by atoms with E-state index < -0.39 is 22.1 Å². The van der Waals surface area contributed by atoms with E-state index in [1.165, 1.54) is 42.9 Å². The van der Waals surface area contributed by atoms with Gasteiger partial charge in [-0.3, -0.25) is 0 Å². The number of halogens is 1. The highest BCUT2D eigenvalue weighted by atomic mass is 32.2. The fourth-order valence-electron chi connectivity index (χ4n) is 2.43. The summed E-state index contributed by atoms with van der Waals surface area (Å²) < 4.78 is 45.6. The lowest BCUT2D eigenvalue weighted by molar-refractivity contribution is 0.194. The minimum absolute atomic E-state index is 0.0111. The number of hydrogen-bond donors (Lipinski definition) is 2. The van der Waals surface area contributed by atoms with Crippen LogP contribution < -0.4 is 5.32 Å². The second kappa shape index (κ2) is 7.00. The molecule has 3 aromatic rings. The normalized spacial score (nSPS) is 11.4. The van der Waals surface area contributed by atoms with E-state index in [1.807, 2.05) is 0 Å². The summed E-state index contributed by atoms with van der Waals surface area (Å²) in [4.78, 5) is 14.0. The van der Waals surface area contributed by atoms with Gasteiger partial charge in [-0.15, -0.1) is 0 Å². The second-order valence-corrected chi connectivity index (χ2v) is 7.13. The molecule has 0 aliphatic rings. The molecule has 3 heterocycles. The first-order valence-electron chi connectivity index (χ1n) is 7.46. The highest BCUT2D eigenvalue weighted by Crippen LogP contribution is 2.28. The molecular formula is C16H14FN3O5S. The summed E-state index contributed by atoms with van der Waals surface area (Å²) in [5.74, 6) is -0.815. The van der Waals surface area contributed by atoms with Crippen LogP contribution in [0.3, 0.4) is 0 Å². The zero-order valence-corrected chi connectivity index (χ0v) is 14.1. The molecule has 0 radical (unpaired) electrons. The number of carboxylic acid groups (broad SMARTS) is 1. The number of hydrogen-bond acceptors (Lipinski definition) is 5. The Labute approximate surface area is 148 Å². The fourth-order valence-corrected chi connectivity index (χ4v) is 3.75. The molecule has 3 rings (SSSR count). The van der Waals surface area contributed by atoms with Gasteiger partial charge in [-0.2, -0.15) is 4.39 Å². The molecule has 0 aliphatic heterocycles. The van der Waals surface area contributed by atoms with Crippen molar-refractivity contribution in [2.75, 3.05) is 6.54 Å². The van der Waals surface area contributed by atoms with Gasteiger partial charge in [0.2, 0.25) is 5.95 Å². The summed E-state index contributed by atoms with van der Waals surface area (Å²) in [6.07, 6.45) is 3.92. The lowest BCUT2D eigenvalue weighted by Gasteiger charge is -2.09. The number of pyridine rings is 1. The largest absolute Gasteiger partial charge is 0.471 e. The van der Waals surface area contributed by atoms with Crippen LogP contribution in [0, 0.1) is 5.95 Å². The second-order valence-electron chi connectivity index (χ2n) is 5.32. The van der Waals surface area contributed by atoms with Gasteiger partial charge in [-0.1, -0.05) is 0 Å². The Morgan fingerprint density at radius 1 is 1.38 bits per heavy atom. The van der Waals surface area contributed by atoms with Crippen molar-refractivity contribution in [2.45, 2.75) is 11.3 Å². The zero-order chi connectivity index (χ0) is 18.7. The Bertz CT molecular complexity index is 1030. The van der Waals surface area contributed by atoms with Gasteiger partial charge in [0.25, 0.3) is 10.0 Å². The number of carbonyl (C=O) groups is 1. The van der Waals surface area contributed by atoms with E-state index in [0.717, 1.165) is 10.2 Å². The standard InChI is InChI=1S/C16H14FN3O5S/c17-15-13(2-1-5-18-15)14-8-11(3-6-19-16(21)22)9-20(14)26(23,24)12-4-7-25-10-12/h1-2,4-5,7-10,19H,3,6H2,(H,21,22). The van der Waals surface area contributed by atoms with Crippen molar-refractivity contribution in [3.05, 3.63) is 60.7 Å². The lowest BCUT2D eigenvalue weighted by Crippen LogP contribution is -2.23. The topological polar surface area (TPSA) is 114 Å². The monoisotopic (exact) mass is 379 g/mol. The fraction of sp³-hybridized carbons (Fsp3) is 0.125. The number of aromatic nitrogens is 2. The van der Waals surface area contributed by atoms with Crippen molar-refractivity contribution in [3.8, 4) is 11.3 Å². The van der Waals surface area contributed by atoms with Crippen molar-refractivity contribution in [1.82, 2.24) is 14.3 Å². The van der Waals surface area contributed by atoms with E-state index >= 15 is 0 Å². The number of nitrogens with one attached hydrogen (secondary N) is 1. The molecule has 0 saturated carbocycles. The number of amides is 1. The average molecular weight is 379 g/mol.